The van der Waals surface area contributed by atoms with Crippen LogP contribution in [0.4, 0.5) is 18.9 Å². The molecule has 3 N–H and O–H groups in total. The average Bonchev–Trinajstić information content (AvgIpc) is 3.61. The quantitative estimate of drug-likeness (QED) is 0.213. The number of anilines is 1. The minimum Gasteiger partial charge on any atom is -0.390 e. The van der Waals surface area contributed by atoms with E-state index in [1.165, 1.54) is 16.4 Å². The molecular weight excluding hydrogens is 619 g/mol. The van der Waals surface area contributed by atoms with Gasteiger partial charge in [0.2, 0.25) is 10.0 Å². The number of hydrogen-bond acceptors (Lipinski definition) is 6. The van der Waals surface area contributed by atoms with E-state index >= 15 is 0 Å². The third-order valence-electron chi connectivity index (χ3n) is 8.42. The van der Waals surface area contributed by atoms with Crippen LogP contribution in [0.1, 0.15) is 54.2 Å². The Hall–Kier alpha value is -3.94. The van der Waals surface area contributed by atoms with Crippen LogP contribution in [-0.2, 0) is 34.7 Å². The molecule has 13 heteroatoms. The fourth-order valence-electron chi connectivity index (χ4n) is 5.72. The molecule has 1 aliphatic rings. The molecule has 4 aromatic rings. The van der Waals surface area contributed by atoms with E-state index in [1.807, 2.05) is 41.8 Å². The van der Waals surface area contributed by atoms with E-state index < -0.39 is 45.4 Å². The van der Waals surface area contributed by atoms with Crippen molar-refractivity contribution >= 4 is 32.7 Å². The lowest BCUT2D eigenvalue weighted by atomic mass is 9.92. The zero-order chi connectivity index (χ0) is 33.3. The molecule has 1 saturated heterocycles. The standard InChI is InChI=1S/C33H38F3N5O4S/c1-4-40-21-37-30-27(40)17-23(18-28(30)41-14-9-15-46(41,44)45)31(43)39-26(16-22-10-6-5-7-11-22)29(42)20-38-32(2,3)24-12-8-13-25(19-24)33(34,35)36/h5-8,10-13,17-19,21,26,29,38,42H,4,9,14-16,20H2,1-3H3,(H,39,43)/t26-,29+/m0/s1. The van der Waals surface area contributed by atoms with Crippen LogP contribution in [0.25, 0.3) is 11.0 Å². The Bertz CT molecular complexity index is 1810. The number of carbonyl (C=O) groups excluding carboxylic acids is 1. The van der Waals surface area contributed by atoms with E-state index in [-0.39, 0.29) is 30.8 Å². The Balaban J connectivity index is 1.42. The molecule has 0 aliphatic carbocycles. The highest BCUT2D eigenvalue weighted by Gasteiger charge is 2.34. The summed E-state index contributed by atoms with van der Waals surface area (Å²) in [5, 5.41) is 17.5. The number of imidazole rings is 1. The Morgan fingerprint density at radius 1 is 1.04 bits per heavy atom. The van der Waals surface area contributed by atoms with Crippen molar-refractivity contribution in [2.24, 2.45) is 0 Å². The summed E-state index contributed by atoms with van der Waals surface area (Å²) in [7, 11) is -3.56. The predicted molar refractivity (Wildman–Crippen MR) is 171 cm³/mol. The second-order valence-corrected chi connectivity index (χ2v) is 14.1. The molecule has 9 nitrogen and oxygen atoms in total. The summed E-state index contributed by atoms with van der Waals surface area (Å²) in [5.74, 6) is -0.505. The number of rotatable bonds is 11. The summed E-state index contributed by atoms with van der Waals surface area (Å²) in [6.07, 6.45) is -3.30. The SMILES string of the molecule is CCn1cnc2c(N3CCCS3(=O)=O)cc(C(=O)N[C@@H](Cc3ccccc3)[C@H](O)CNC(C)(C)c3cccc(C(F)(F)F)c3)cc21. The zero-order valence-corrected chi connectivity index (χ0v) is 26.7. The van der Waals surface area contributed by atoms with Crippen LogP contribution in [0.15, 0.2) is 73.1 Å². The molecule has 3 aromatic carbocycles. The number of benzene rings is 3. The molecule has 0 radical (unpaired) electrons. The molecule has 0 bridgehead atoms. The van der Waals surface area contributed by atoms with Gasteiger partial charge in [0.15, 0.2) is 0 Å². The second kappa shape index (κ2) is 13.0. The van der Waals surface area contributed by atoms with Gasteiger partial charge in [-0.15, -0.1) is 0 Å². The van der Waals surface area contributed by atoms with Crippen molar-refractivity contribution < 1.29 is 31.5 Å². The molecule has 1 aliphatic heterocycles. The molecule has 1 aromatic heterocycles. The number of amides is 1. The number of halogens is 3. The van der Waals surface area contributed by atoms with Crippen molar-refractivity contribution in [3.63, 3.8) is 0 Å². The number of nitrogens with one attached hydrogen (secondary N) is 2. The maximum atomic E-state index is 13.9. The molecule has 246 valence electrons. The first-order chi connectivity index (χ1) is 21.7. The summed E-state index contributed by atoms with van der Waals surface area (Å²) in [6, 6.07) is 16.7. The van der Waals surface area contributed by atoms with Gasteiger partial charge in [-0.05, 0) is 69.0 Å². The lowest BCUT2D eigenvalue weighted by Crippen LogP contribution is -2.51. The van der Waals surface area contributed by atoms with Crippen molar-refractivity contribution in [2.75, 3.05) is 23.1 Å². The Morgan fingerprint density at radius 3 is 2.41 bits per heavy atom. The minimum absolute atomic E-state index is 0.00853. The molecule has 0 unspecified atom stereocenters. The third-order valence-corrected chi connectivity index (χ3v) is 10.3. The number of aliphatic hydroxyl groups is 1. The van der Waals surface area contributed by atoms with Crippen LogP contribution in [0.3, 0.4) is 0 Å². The van der Waals surface area contributed by atoms with E-state index in [2.05, 4.69) is 15.6 Å². The van der Waals surface area contributed by atoms with Gasteiger partial charge < -0.3 is 20.3 Å². The van der Waals surface area contributed by atoms with E-state index in [1.54, 1.807) is 32.3 Å². The monoisotopic (exact) mass is 657 g/mol. The maximum Gasteiger partial charge on any atom is 0.416 e. The van der Waals surface area contributed by atoms with Gasteiger partial charge >= 0.3 is 6.18 Å². The molecule has 0 saturated carbocycles. The van der Waals surface area contributed by atoms with Crippen LogP contribution in [0, 0.1) is 0 Å². The number of nitrogens with zero attached hydrogens (tertiary/aromatic N) is 3. The number of alkyl halides is 3. The number of sulfonamides is 1. The van der Waals surface area contributed by atoms with Gasteiger partial charge in [0.25, 0.3) is 5.91 Å². The predicted octanol–water partition coefficient (Wildman–Crippen LogP) is 4.84. The van der Waals surface area contributed by atoms with Crippen LogP contribution in [-0.4, -0.2) is 60.0 Å². The number of aryl methyl sites for hydroxylation is 1. The fraction of sp³-hybridized carbons (Fsp3) is 0.394. The van der Waals surface area contributed by atoms with Crippen molar-refractivity contribution in [3.05, 3.63) is 95.3 Å². The molecule has 1 fully saturated rings. The van der Waals surface area contributed by atoms with Crippen molar-refractivity contribution in [2.45, 2.75) is 64.0 Å². The van der Waals surface area contributed by atoms with Crippen LogP contribution >= 0.6 is 0 Å². The lowest BCUT2D eigenvalue weighted by molar-refractivity contribution is -0.137. The van der Waals surface area contributed by atoms with Crippen molar-refractivity contribution in [1.82, 2.24) is 20.2 Å². The smallest absolute Gasteiger partial charge is 0.390 e. The van der Waals surface area contributed by atoms with E-state index in [4.69, 9.17) is 0 Å². The summed E-state index contributed by atoms with van der Waals surface area (Å²) in [4.78, 5) is 18.3. The number of carbonyl (C=O) groups is 1. The number of fused-ring (bicyclic) bond motifs is 1. The van der Waals surface area contributed by atoms with Crippen molar-refractivity contribution in [3.8, 4) is 0 Å². The van der Waals surface area contributed by atoms with Crippen LogP contribution in [0.2, 0.25) is 0 Å². The van der Waals surface area contributed by atoms with Crippen LogP contribution in [0.5, 0.6) is 0 Å². The van der Waals surface area contributed by atoms with E-state index in [9.17, 15) is 31.5 Å². The highest BCUT2D eigenvalue weighted by molar-refractivity contribution is 7.93. The Kier molecular flexibility index (Phi) is 9.48. The summed E-state index contributed by atoms with van der Waals surface area (Å²) >= 11 is 0. The van der Waals surface area contributed by atoms with Crippen LogP contribution < -0.4 is 14.9 Å². The molecule has 1 amide bonds. The summed E-state index contributed by atoms with van der Waals surface area (Å²) in [5.41, 5.74) is 1.17. The van der Waals surface area contributed by atoms with Gasteiger partial charge in [0.1, 0.15) is 5.52 Å². The molecular formula is C33H38F3N5O4S. The lowest BCUT2D eigenvalue weighted by Gasteiger charge is -2.31. The summed E-state index contributed by atoms with van der Waals surface area (Å²) < 4.78 is 68.9. The maximum absolute atomic E-state index is 13.9. The first-order valence-electron chi connectivity index (χ1n) is 15.1. The molecule has 46 heavy (non-hydrogen) atoms. The van der Waals surface area contributed by atoms with Gasteiger partial charge in [-0.3, -0.25) is 9.10 Å². The largest absolute Gasteiger partial charge is 0.416 e. The van der Waals surface area contributed by atoms with E-state index in [0.29, 0.717) is 35.2 Å². The number of aromatic nitrogens is 2. The van der Waals surface area contributed by atoms with Gasteiger partial charge in [-0.2, -0.15) is 13.2 Å². The highest BCUT2D eigenvalue weighted by atomic mass is 32.2. The normalized spacial score (nSPS) is 16.5. The molecule has 0 spiro atoms. The highest BCUT2D eigenvalue weighted by Crippen LogP contribution is 2.34. The fourth-order valence-corrected chi connectivity index (χ4v) is 7.28. The van der Waals surface area contributed by atoms with Gasteiger partial charge in [0, 0.05) is 30.7 Å². The Labute approximate surface area is 266 Å². The van der Waals surface area contributed by atoms with Gasteiger partial charge in [-0.1, -0.05) is 42.5 Å². The first kappa shape index (κ1) is 33.4. The first-order valence-corrected chi connectivity index (χ1v) is 16.8. The zero-order valence-electron chi connectivity index (χ0n) is 25.9. The molecule has 5 rings (SSSR count). The van der Waals surface area contributed by atoms with Crippen molar-refractivity contribution in [1.29, 1.82) is 0 Å². The molecule has 2 heterocycles. The minimum atomic E-state index is -4.49. The number of hydrogen-bond donors (Lipinski definition) is 3. The average molecular weight is 658 g/mol. The Morgan fingerprint density at radius 2 is 1.76 bits per heavy atom. The van der Waals surface area contributed by atoms with E-state index in [0.717, 1.165) is 17.7 Å². The second-order valence-electron chi connectivity index (χ2n) is 12.1. The van der Waals surface area contributed by atoms with Gasteiger partial charge in [-0.25, -0.2) is 13.4 Å². The topological polar surface area (TPSA) is 117 Å². The van der Waals surface area contributed by atoms with Gasteiger partial charge in [0.05, 0.1) is 41.0 Å². The summed E-state index contributed by atoms with van der Waals surface area (Å²) in [6.45, 7) is 6.15. The molecule has 2 atom stereocenters. The third kappa shape index (κ3) is 7.21. The number of aliphatic hydroxyl groups excluding tert-OH is 1.